The molecule has 2 fully saturated rings. The van der Waals surface area contributed by atoms with Crippen molar-refractivity contribution in [1.82, 2.24) is 20.0 Å². The molecule has 1 aliphatic heterocycles. The number of carbonyl (C=O) groups excluding carboxylic acids is 1. The lowest BCUT2D eigenvalue weighted by Crippen LogP contribution is -2.53. The summed E-state index contributed by atoms with van der Waals surface area (Å²) in [6.45, 7) is 6.03. The maximum Gasteiger partial charge on any atom is 0.267 e. The lowest BCUT2D eigenvalue weighted by Gasteiger charge is -2.42. The van der Waals surface area contributed by atoms with Crippen LogP contribution in [-0.2, 0) is 11.3 Å². The van der Waals surface area contributed by atoms with Gasteiger partial charge >= 0.3 is 0 Å². The Labute approximate surface area is 188 Å². The van der Waals surface area contributed by atoms with Gasteiger partial charge in [0.15, 0.2) is 0 Å². The van der Waals surface area contributed by atoms with Crippen molar-refractivity contribution in [2.24, 2.45) is 0 Å². The molecule has 1 amide bonds. The van der Waals surface area contributed by atoms with Crippen LogP contribution in [0.4, 0.5) is 0 Å². The van der Waals surface area contributed by atoms with E-state index in [9.17, 15) is 9.59 Å². The van der Waals surface area contributed by atoms with Crippen molar-refractivity contribution >= 4 is 17.5 Å². The number of aromatic nitrogens is 2. The zero-order chi connectivity index (χ0) is 22.0. The van der Waals surface area contributed by atoms with Gasteiger partial charge < -0.3 is 5.32 Å². The fraction of sp³-hybridized carbons (Fsp3) is 0.542. The molecule has 1 aromatic carbocycles. The number of hydrogen-bond acceptors (Lipinski definition) is 4. The van der Waals surface area contributed by atoms with Crippen molar-refractivity contribution in [2.45, 2.75) is 70.5 Å². The summed E-state index contributed by atoms with van der Waals surface area (Å²) in [6, 6.07) is 9.82. The highest BCUT2D eigenvalue weighted by Crippen LogP contribution is 2.29. The molecule has 6 nitrogen and oxygen atoms in total. The molecule has 1 atom stereocenters. The molecular weight excluding hydrogens is 412 g/mol. The minimum atomic E-state index is -0.283. The van der Waals surface area contributed by atoms with E-state index in [1.165, 1.54) is 23.9 Å². The van der Waals surface area contributed by atoms with Crippen molar-refractivity contribution in [2.75, 3.05) is 13.1 Å². The first-order valence-corrected chi connectivity index (χ1v) is 11.7. The van der Waals surface area contributed by atoms with Crippen LogP contribution in [0, 0.1) is 0 Å². The number of nitrogens with zero attached hydrogens (tertiary/aromatic N) is 3. The number of nitrogens with one attached hydrogen (secondary N) is 1. The van der Waals surface area contributed by atoms with Crippen molar-refractivity contribution in [3.05, 3.63) is 51.4 Å². The number of halogens is 1. The lowest BCUT2D eigenvalue weighted by atomic mass is 9.89. The first-order valence-electron chi connectivity index (χ1n) is 11.3. The minimum Gasteiger partial charge on any atom is -0.350 e. The largest absolute Gasteiger partial charge is 0.350 e. The van der Waals surface area contributed by atoms with Crippen LogP contribution in [-0.4, -0.2) is 45.8 Å². The average Bonchev–Trinajstić information content (AvgIpc) is 2.68. The Balaban J connectivity index is 1.48. The third kappa shape index (κ3) is 5.18. The van der Waals surface area contributed by atoms with Gasteiger partial charge in [-0.15, -0.1) is 0 Å². The molecule has 1 aliphatic carbocycles. The number of benzene rings is 1. The highest BCUT2D eigenvalue weighted by Gasteiger charge is 2.30. The predicted octanol–water partition coefficient (Wildman–Crippen LogP) is 3.82. The third-order valence-corrected chi connectivity index (χ3v) is 6.65. The number of amides is 1. The molecule has 31 heavy (non-hydrogen) atoms. The van der Waals surface area contributed by atoms with Gasteiger partial charge in [-0.3, -0.25) is 14.5 Å². The topological polar surface area (TPSA) is 67.2 Å². The molecule has 0 spiro atoms. The predicted molar refractivity (Wildman–Crippen MR) is 123 cm³/mol. The van der Waals surface area contributed by atoms with Gasteiger partial charge in [0.2, 0.25) is 5.91 Å². The lowest BCUT2D eigenvalue weighted by molar-refractivity contribution is -0.123. The Morgan fingerprint density at radius 2 is 2.03 bits per heavy atom. The molecule has 0 unspecified atom stereocenters. The summed E-state index contributed by atoms with van der Waals surface area (Å²) in [5.41, 5.74) is 2.12. The van der Waals surface area contributed by atoms with Gasteiger partial charge in [0.05, 0.1) is 5.69 Å². The first kappa shape index (κ1) is 22.0. The van der Waals surface area contributed by atoms with Gasteiger partial charge in [0.1, 0.15) is 6.54 Å². The first-order chi connectivity index (χ1) is 14.9. The van der Waals surface area contributed by atoms with Gasteiger partial charge in [0.25, 0.3) is 5.56 Å². The van der Waals surface area contributed by atoms with E-state index in [0.29, 0.717) is 11.1 Å². The number of hydrogen-bond donors (Lipinski definition) is 1. The van der Waals surface area contributed by atoms with E-state index in [1.54, 1.807) is 12.1 Å². The van der Waals surface area contributed by atoms with Crippen LogP contribution in [0.3, 0.4) is 0 Å². The maximum atomic E-state index is 12.8. The molecule has 0 radical (unpaired) electrons. The molecular formula is C24H31ClN4O2. The molecule has 1 saturated carbocycles. The van der Waals surface area contributed by atoms with Crippen LogP contribution in [0.5, 0.6) is 0 Å². The van der Waals surface area contributed by atoms with Crippen LogP contribution < -0.4 is 10.9 Å². The van der Waals surface area contributed by atoms with Crippen LogP contribution in [0.2, 0.25) is 5.02 Å². The highest BCUT2D eigenvalue weighted by molar-refractivity contribution is 6.30. The van der Waals surface area contributed by atoms with Crippen molar-refractivity contribution in [1.29, 1.82) is 0 Å². The fourth-order valence-corrected chi connectivity index (χ4v) is 4.74. The van der Waals surface area contributed by atoms with E-state index in [1.807, 2.05) is 32.0 Å². The Morgan fingerprint density at radius 3 is 2.71 bits per heavy atom. The summed E-state index contributed by atoms with van der Waals surface area (Å²) < 4.78 is 1.28. The molecule has 1 N–H and O–H groups in total. The second-order valence-electron chi connectivity index (χ2n) is 9.09. The molecule has 2 aromatic rings. The standard InChI is InChI=1S/C24H31ClN4O2/c1-16(2)24-21(17-6-3-7-18(25)12-17)13-23(31)29(27-24)15-22(30)26-19-8-5-11-28(14-19)20-9-4-10-20/h3,6-7,12-13,16,19-20H,4-5,8-11,14-15H2,1-2H3,(H,26,30)/t19-/m1/s1. The van der Waals surface area contributed by atoms with Crippen LogP contribution in [0.25, 0.3) is 11.1 Å². The van der Waals surface area contributed by atoms with Gasteiger partial charge in [0, 0.05) is 35.3 Å². The van der Waals surface area contributed by atoms with E-state index in [-0.39, 0.29) is 30.0 Å². The van der Waals surface area contributed by atoms with E-state index < -0.39 is 0 Å². The van der Waals surface area contributed by atoms with Crippen LogP contribution in [0.1, 0.15) is 57.6 Å². The summed E-state index contributed by atoms with van der Waals surface area (Å²) in [6.07, 6.45) is 5.96. The second kappa shape index (κ2) is 9.53. The Bertz CT molecular complexity index is 999. The Morgan fingerprint density at radius 1 is 1.23 bits per heavy atom. The quantitative estimate of drug-likeness (QED) is 0.738. The van der Waals surface area contributed by atoms with E-state index in [4.69, 9.17) is 11.6 Å². The molecule has 0 bridgehead atoms. The molecule has 7 heteroatoms. The zero-order valence-corrected chi connectivity index (χ0v) is 19.1. The molecule has 166 valence electrons. The van der Waals surface area contributed by atoms with Crippen molar-refractivity contribution < 1.29 is 4.79 Å². The molecule has 1 saturated heterocycles. The highest BCUT2D eigenvalue weighted by atomic mass is 35.5. The van der Waals surface area contributed by atoms with E-state index in [2.05, 4.69) is 15.3 Å². The Hall–Kier alpha value is -2.18. The van der Waals surface area contributed by atoms with Gasteiger partial charge in [-0.1, -0.05) is 44.0 Å². The summed E-state index contributed by atoms with van der Waals surface area (Å²) in [5.74, 6) is -0.0569. The van der Waals surface area contributed by atoms with Gasteiger partial charge in [-0.2, -0.15) is 5.10 Å². The smallest absolute Gasteiger partial charge is 0.267 e. The SMILES string of the molecule is CC(C)c1nn(CC(=O)N[C@@H]2CCCN(C3CCC3)C2)c(=O)cc1-c1cccc(Cl)c1. The zero-order valence-electron chi connectivity index (χ0n) is 18.3. The molecule has 2 aliphatic rings. The number of piperidine rings is 1. The van der Waals surface area contributed by atoms with E-state index in [0.717, 1.165) is 42.8 Å². The molecule has 1 aromatic heterocycles. The summed E-state index contributed by atoms with van der Waals surface area (Å²) in [4.78, 5) is 28.0. The summed E-state index contributed by atoms with van der Waals surface area (Å²) >= 11 is 6.14. The monoisotopic (exact) mass is 442 g/mol. The summed E-state index contributed by atoms with van der Waals surface area (Å²) in [7, 11) is 0. The maximum absolute atomic E-state index is 12.8. The second-order valence-corrected chi connectivity index (χ2v) is 9.53. The fourth-order valence-electron chi connectivity index (χ4n) is 4.55. The normalized spacial score (nSPS) is 19.9. The molecule has 4 rings (SSSR count). The number of likely N-dealkylation sites (tertiary alicyclic amines) is 1. The average molecular weight is 443 g/mol. The molecule has 2 heterocycles. The van der Waals surface area contributed by atoms with Crippen LogP contribution in [0.15, 0.2) is 35.1 Å². The minimum absolute atomic E-state index is 0.0612. The third-order valence-electron chi connectivity index (χ3n) is 6.41. The van der Waals surface area contributed by atoms with Crippen molar-refractivity contribution in [3.8, 4) is 11.1 Å². The van der Waals surface area contributed by atoms with Crippen molar-refractivity contribution in [3.63, 3.8) is 0 Å². The van der Waals surface area contributed by atoms with Crippen LogP contribution >= 0.6 is 11.6 Å². The van der Waals surface area contributed by atoms with Gasteiger partial charge in [-0.25, -0.2) is 4.68 Å². The Kier molecular flexibility index (Phi) is 6.77. The van der Waals surface area contributed by atoms with E-state index >= 15 is 0 Å². The van der Waals surface area contributed by atoms with Gasteiger partial charge in [-0.05, 0) is 55.8 Å². The number of rotatable bonds is 6. The summed E-state index contributed by atoms with van der Waals surface area (Å²) in [5, 5.41) is 8.31. The number of carbonyl (C=O) groups is 1.